The van der Waals surface area contributed by atoms with Crippen LogP contribution in [0, 0.1) is 5.82 Å². The van der Waals surface area contributed by atoms with Crippen molar-refractivity contribution in [2.75, 3.05) is 18.0 Å². The predicted octanol–water partition coefficient (Wildman–Crippen LogP) is 3.50. The summed E-state index contributed by atoms with van der Waals surface area (Å²) < 4.78 is 16.4. The second-order valence-corrected chi connectivity index (χ2v) is 7.23. The number of nitrogens with two attached hydrogens (primary N) is 2. The summed E-state index contributed by atoms with van der Waals surface area (Å²) in [4.78, 5) is 2.25. The first kappa shape index (κ1) is 18.6. The summed E-state index contributed by atoms with van der Waals surface area (Å²) in [7, 11) is 0. The molecule has 1 aliphatic heterocycles. The topological polar surface area (TPSA) is 84.6 Å². The van der Waals surface area contributed by atoms with Crippen LogP contribution in [-0.2, 0) is 0 Å². The fraction of sp³-hybridized carbons (Fsp3) is 0.250. The number of benzene rings is 2. The molecule has 2 aromatic carbocycles. The average Bonchev–Trinajstić information content (AvgIpc) is 3.04. The first-order chi connectivity index (χ1) is 13.7. The number of anilines is 1. The Balaban J connectivity index is 2.13. The molecule has 8 heteroatoms. The number of nitrogens with one attached hydrogen (secondary N) is 1. The standard InChI is InChI=1S/C20H22ClFN6/c21-15-12-17-14(11-16(15)22)18(27-9-5-2-6-10-27)19(20(25-23)26-24)28(17)13-7-3-1-4-8-13/h1,3-4,7-8,11-12H,2,5-6,9-10,23-24H2,(H,25,26). The molecule has 5 N–H and O–H groups in total. The van der Waals surface area contributed by atoms with Crippen molar-refractivity contribution in [3.8, 4) is 5.69 Å². The van der Waals surface area contributed by atoms with Gasteiger partial charge in [0.1, 0.15) is 11.5 Å². The van der Waals surface area contributed by atoms with Crippen LogP contribution < -0.4 is 22.0 Å². The van der Waals surface area contributed by atoms with Crippen molar-refractivity contribution in [3.05, 3.63) is 59.0 Å². The van der Waals surface area contributed by atoms with Gasteiger partial charge in [0.25, 0.3) is 0 Å². The zero-order chi connectivity index (χ0) is 19.7. The molecular formula is C20H22ClFN6. The van der Waals surface area contributed by atoms with Crippen molar-refractivity contribution in [1.82, 2.24) is 9.99 Å². The van der Waals surface area contributed by atoms with E-state index in [-0.39, 0.29) is 5.02 Å². The Morgan fingerprint density at radius 3 is 2.46 bits per heavy atom. The fourth-order valence-corrected chi connectivity index (χ4v) is 4.09. The van der Waals surface area contributed by atoms with Crippen LogP contribution in [0.3, 0.4) is 0 Å². The molecule has 1 saturated heterocycles. The molecule has 0 spiro atoms. The van der Waals surface area contributed by atoms with Crippen LogP contribution in [0.4, 0.5) is 10.1 Å². The normalized spacial score (nSPS) is 15.2. The van der Waals surface area contributed by atoms with Crippen molar-refractivity contribution in [1.29, 1.82) is 0 Å². The van der Waals surface area contributed by atoms with Gasteiger partial charge in [-0.2, -0.15) is 5.10 Å². The van der Waals surface area contributed by atoms with Crippen LogP contribution in [0.5, 0.6) is 0 Å². The van der Waals surface area contributed by atoms with E-state index >= 15 is 0 Å². The van der Waals surface area contributed by atoms with E-state index in [1.807, 2.05) is 34.9 Å². The highest BCUT2D eigenvalue weighted by Gasteiger charge is 2.28. The molecular weight excluding hydrogens is 379 g/mol. The van der Waals surface area contributed by atoms with E-state index in [4.69, 9.17) is 23.3 Å². The lowest BCUT2D eigenvalue weighted by Gasteiger charge is -2.30. The van der Waals surface area contributed by atoms with Gasteiger partial charge in [0.15, 0.2) is 5.84 Å². The number of aromatic nitrogens is 1. The zero-order valence-electron chi connectivity index (χ0n) is 15.3. The zero-order valence-corrected chi connectivity index (χ0v) is 16.1. The Hall–Kier alpha value is -2.77. The van der Waals surface area contributed by atoms with E-state index in [9.17, 15) is 4.39 Å². The maximum absolute atomic E-state index is 14.4. The number of para-hydroxylation sites is 1. The van der Waals surface area contributed by atoms with Crippen molar-refractivity contribution in [2.45, 2.75) is 19.3 Å². The van der Waals surface area contributed by atoms with E-state index in [2.05, 4.69) is 15.4 Å². The third-order valence-corrected chi connectivity index (χ3v) is 5.45. The summed E-state index contributed by atoms with van der Waals surface area (Å²) in [5.74, 6) is 11.3. The van der Waals surface area contributed by atoms with Crippen molar-refractivity contribution in [3.63, 3.8) is 0 Å². The van der Waals surface area contributed by atoms with Gasteiger partial charge in [0.05, 0.1) is 16.2 Å². The van der Waals surface area contributed by atoms with E-state index in [0.29, 0.717) is 11.5 Å². The number of hydrazone groups is 1. The Morgan fingerprint density at radius 2 is 1.82 bits per heavy atom. The van der Waals surface area contributed by atoms with Gasteiger partial charge in [-0.25, -0.2) is 10.2 Å². The van der Waals surface area contributed by atoms with Crippen molar-refractivity contribution in [2.24, 2.45) is 16.8 Å². The molecule has 0 atom stereocenters. The maximum Gasteiger partial charge on any atom is 0.186 e. The van der Waals surface area contributed by atoms with Gasteiger partial charge in [-0.3, -0.25) is 0 Å². The minimum atomic E-state index is -0.462. The van der Waals surface area contributed by atoms with E-state index < -0.39 is 5.82 Å². The lowest BCUT2D eigenvalue weighted by atomic mass is 10.1. The highest BCUT2D eigenvalue weighted by Crippen LogP contribution is 2.39. The first-order valence-electron chi connectivity index (χ1n) is 9.24. The highest BCUT2D eigenvalue weighted by atomic mass is 35.5. The van der Waals surface area contributed by atoms with Gasteiger partial charge in [-0.1, -0.05) is 29.8 Å². The second-order valence-electron chi connectivity index (χ2n) is 6.82. The Kier molecular flexibility index (Phi) is 5.11. The highest BCUT2D eigenvalue weighted by molar-refractivity contribution is 6.31. The summed E-state index contributed by atoms with van der Waals surface area (Å²) in [5, 5.41) is 4.67. The lowest BCUT2D eigenvalue weighted by Crippen LogP contribution is -2.37. The van der Waals surface area contributed by atoms with Crippen LogP contribution in [0.2, 0.25) is 5.02 Å². The third kappa shape index (κ3) is 3.06. The van der Waals surface area contributed by atoms with Gasteiger partial charge in [-0.15, -0.1) is 0 Å². The smallest absolute Gasteiger partial charge is 0.186 e. The minimum absolute atomic E-state index is 0.0610. The molecule has 4 rings (SSSR count). The van der Waals surface area contributed by atoms with E-state index in [0.717, 1.165) is 48.2 Å². The Morgan fingerprint density at radius 1 is 1.11 bits per heavy atom. The van der Waals surface area contributed by atoms with Gasteiger partial charge < -0.3 is 20.7 Å². The van der Waals surface area contributed by atoms with E-state index in [1.165, 1.54) is 12.5 Å². The Labute approximate surface area is 167 Å². The molecule has 0 saturated carbocycles. The number of piperidine rings is 1. The maximum atomic E-state index is 14.4. The largest absolute Gasteiger partial charge is 0.369 e. The summed E-state index contributed by atoms with van der Waals surface area (Å²) in [6.07, 6.45) is 3.31. The van der Waals surface area contributed by atoms with Crippen molar-refractivity contribution >= 4 is 34.0 Å². The summed E-state index contributed by atoms with van der Waals surface area (Å²) in [5.41, 5.74) is 5.79. The molecule has 0 unspecified atom stereocenters. The fourth-order valence-electron chi connectivity index (χ4n) is 3.93. The number of hydrogen-bond donors (Lipinski definition) is 3. The SMILES string of the molecule is N/N=C(\NN)c1c(N2CCCCC2)c2cc(F)c(Cl)cc2n1-c1ccccc1. The number of hydrazine groups is 1. The number of nitrogens with zero attached hydrogens (tertiary/aromatic N) is 3. The van der Waals surface area contributed by atoms with Crippen LogP contribution in [0.1, 0.15) is 25.0 Å². The van der Waals surface area contributed by atoms with Crippen LogP contribution in [0.15, 0.2) is 47.6 Å². The van der Waals surface area contributed by atoms with Gasteiger partial charge in [0.2, 0.25) is 0 Å². The average molecular weight is 401 g/mol. The molecule has 1 aromatic heterocycles. The molecule has 2 heterocycles. The molecule has 28 heavy (non-hydrogen) atoms. The second kappa shape index (κ2) is 7.69. The number of amidine groups is 1. The predicted molar refractivity (Wildman–Crippen MR) is 112 cm³/mol. The summed E-state index contributed by atoms with van der Waals surface area (Å²) >= 11 is 6.14. The third-order valence-electron chi connectivity index (χ3n) is 5.16. The number of rotatable bonds is 3. The number of fused-ring (bicyclic) bond motifs is 1. The molecule has 3 aromatic rings. The van der Waals surface area contributed by atoms with Gasteiger partial charge in [0, 0.05) is 24.2 Å². The molecule has 0 amide bonds. The molecule has 0 bridgehead atoms. The van der Waals surface area contributed by atoms with Crippen LogP contribution in [-0.4, -0.2) is 23.5 Å². The van der Waals surface area contributed by atoms with Crippen LogP contribution in [0.25, 0.3) is 16.6 Å². The summed E-state index contributed by atoms with van der Waals surface area (Å²) in [6, 6.07) is 12.9. The van der Waals surface area contributed by atoms with Crippen LogP contribution >= 0.6 is 11.6 Å². The van der Waals surface area contributed by atoms with Gasteiger partial charge in [-0.05, 0) is 43.5 Å². The number of halogens is 2. The quantitative estimate of drug-likeness (QED) is 0.272. The van der Waals surface area contributed by atoms with Crippen molar-refractivity contribution < 1.29 is 4.39 Å². The molecule has 146 valence electrons. The minimum Gasteiger partial charge on any atom is -0.369 e. The Bertz CT molecular complexity index is 1020. The molecule has 0 radical (unpaired) electrons. The van der Waals surface area contributed by atoms with E-state index in [1.54, 1.807) is 6.07 Å². The van der Waals surface area contributed by atoms with Gasteiger partial charge >= 0.3 is 0 Å². The first-order valence-corrected chi connectivity index (χ1v) is 9.62. The summed E-state index contributed by atoms with van der Waals surface area (Å²) in [6.45, 7) is 1.74. The molecule has 6 nitrogen and oxygen atoms in total. The number of hydrogen-bond acceptors (Lipinski definition) is 4. The molecule has 0 aliphatic carbocycles. The molecule has 1 fully saturated rings. The monoisotopic (exact) mass is 400 g/mol. The lowest BCUT2D eigenvalue weighted by molar-refractivity contribution is 0.578. The molecule has 1 aliphatic rings.